The van der Waals surface area contributed by atoms with Gasteiger partial charge in [0.1, 0.15) is 5.60 Å². The van der Waals surface area contributed by atoms with Crippen LogP contribution in [0.4, 0.5) is 0 Å². The summed E-state index contributed by atoms with van der Waals surface area (Å²) in [7, 11) is 1.56. The van der Waals surface area contributed by atoms with Crippen molar-refractivity contribution in [3.05, 3.63) is 118 Å². The first-order valence-electron chi connectivity index (χ1n) is 14.0. The van der Waals surface area contributed by atoms with Crippen molar-refractivity contribution < 1.29 is 24.2 Å². The van der Waals surface area contributed by atoms with Crippen molar-refractivity contribution in [2.45, 2.75) is 38.2 Å². The van der Waals surface area contributed by atoms with Gasteiger partial charge in [0.05, 0.1) is 13.5 Å². The molecule has 1 N–H and O–H groups in total. The molecule has 1 aliphatic heterocycles. The minimum atomic E-state index is -0.946. The molecule has 4 aromatic carbocycles. The molecule has 0 aliphatic carbocycles. The van der Waals surface area contributed by atoms with Gasteiger partial charge in [-0.3, -0.25) is 9.59 Å². The van der Waals surface area contributed by atoms with Gasteiger partial charge in [-0.05, 0) is 59.9 Å². The minimum absolute atomic E-state index is 0.112. The van der Waals surface area contributed by atoms with E-state index in [2.05, 4.69) is 36.4 Å². The van der Waals surface area contributed by atoms with Crippen molar-refractivity contribution in [2.75, 3.05) is 20.2 Å². The molecule has 4 aromatic rings. The molecule has 0 saturated carbocycles. The van der Waals surface area contributed by atoms with Crippen LogP contribution in [0.2, 0.25) is 5.02 Å². The van der Waals surface area contributed by atoms with Gasteiger partial charge in [0.25, 0.3) is 5.91 Å². The number of methoxy groups -OCH3 is 1. The summed E-state index contributed by atoms with van der Waals surface area (Å²) in [4.78, 5) is 26.8. The first-order valence-corrected chi connectivity index (χ1v) is 14.4. The van der Waals surface area contributed by atoms with Crippen LogP contribution in [0.5, 0.6) is 11.5 Å². The number of carbonyl (C=O) groups is 2. The van der Waals surface area contributed by atoms with Crippen LogP contribution in [0, 0.1) is 0 Å². The first-order chi connectivity index (χ1) is 20.2. The molecule has 42 heavy (non-hydrogen) atoms. The number of aliphatic carboxylic acids is 1. The van der Waals surface area contributed by atoms with Gasteiger partial charge >= 0.3 is 5.97 Å². The van der Waals surface area contributed by atoms with Gasteiger partial charge in [0.2, 0.25) is 0 Å². The first kappa shape index (κ1) is 29.2. The van der Waals surface area contributed by atoms with E-state index in [0.717, 1.165) is 27.8 Å². The highest BCUT2D eigenvalue weighted by molar-refractivity contribution is 6.30. The van der Waals surface area contributed by atoms with Crippen molar-refractivity contribution in [2.24, 2.45) is 0 Å². The van der Waals surface area contributed by atoms with Gasteiger partial charge in [-0.15, -0.1) is 0 Å². The molecule has 1 atom stereocenters. The monoisotopic (exact) mass is 583 g/mol. The summed E-state index contributed by atoms with van der Waals surface area (Å²) in [6, 6.07) is 29.6. The SMILES string of the molecule is COc1cc(C(=O)N(CCC(=O)O)CCc2ccc(-c3ccccc3)cc2)cc2c1OC(C)(Cc1ccc(Cl)cc1)C2. The summed E-state index contributed by atoms with van der Waals surface area (Å²) in [5.41, 5.74) is 5.26. The number of ether oxygens (including phenoxy) is 2. The maximum absolute atomic E-state index is 13.8. The second-order valence-corrected chi connectivity index (χ2v) is 11.4. The predicted molar refractivity (Wildman–Crippen MR) is 165 cm³/mol. The van der Waals surface area contributed by atoms with Gasteiger partial charge in [-0.25, -0.2) is 0 Å². The highest BCUT2D eigenvalue weighted by atomic mass is 35.5. The van der Waals surface area contributed by atoms with E-state index < -0.39 is 11.6 Å². The molecule has 0 fully saturated rings. The summed E-state index contributed by atoms with van der Waals surface area (Å²) in [5.74, 6) is -0.0473. The standard InChI is InChI=1S/C35H34ClNO5/c1-35(22-25-10-14-30(36)15-11-25)23-29-20-28(21-31(41-2)33(29)42-35)34(40)37(19-17-32(38)39)18-16-24-8-12-27(13-9-24)26-6-4-3-5-7-26/h3-15,20-21H,16-19,22-23H2,1-2H3,(H,38,39). The Morgan fingerprint density at radius 2 is 1.60 bits per heavy atom. The summed E-state index contributed by atoms with van der Waals surface area (Å²) >= 11 is 6.06. The van der Waals surface area contributed by atoms with E-state index in [1.807, 2.05) is 55.5 Å². The lowest BCUT2D eigenvalue weighted by Gasteiger charge is -2.24. The Labute approximate surface area is 251 Å². The van der Waals surface area contributed by atoms with Gasteiger partial charge in [0, 0.05) is 42.1 Å². The van der Waals surface area contributed by atoms with Crippen LogP contribution < -0.4 is 9.47 Å². The minimum Gasteiger partial charge on any atom is -0.493 e. The van der Waals surface area contributed by atoms with Crippen LogP contribution in [-0.4, -0.2) is 47.7 Å². The number of nitrogens with zero attached hydrogens (tertiary/aromatic N) is 1. The van der Waals surface area contributed by atoms with Crippen LogP contribution >= 0.6 is 11.6 Å². The number of carboxylic acid groups (broad SMARTS) is 1. The molecule has 0 aromatic heterocycles. The quantitative estimate of drug-likeness (QED) is 0.204. The van der Waals surface area contributed by atoms with Crippen LogP contribution in [0.15, 0.2) is 91.0 Å². The third kappa shape index (κ3) is 6.94. The predicted octanol–water partition coefficient (Wildman–Crippen LogP) is 7.11. The zero-order valence-electron chi connectivity index (χ0n) is 23.8. The van der Waals surface area contributed by atoms with E-state index in [4.69, 9.17) is 21.1 Å². The van der Waals surface area contributed by atoms with Crippen LogP contribution in [0.25, 0.3) is 11.1 Å². The van der Waals surface area contributed by atoms with Crippen molar-refractivity contribution in [3.8, 4) is 22.6 Å². The Morgan fingerprint density at radius 3 is 2.26 bits per heavy atom. The molecule has 1 amide bonds. The van der Waals surface area contributed by atoms with Crippen molar-refractivity contribution in [1.82, 2.24) is 4.90 Å². The summed E-state index contributed by atoms with van der Waals surface area (Å²) in [6.45, 7) is 2.55. The normalized spacial score (nSPS) is 15.5. The lowest BCUT2D eigenvalue weighted by Crippen LogP contribution is -2.35. The maximum atomic E-state index is 13.8. The number of rotatable bonds is 11. The number of hydrogen-bond acceptors (Lipinski definition) is 4. The molecule has 0 bridgehead atoms. The van der Waals surface area contributed by atoms with Crippen molar-refractivity contribution in [1.29, 1.82) is 0 Å². The topological polar surface area (TPSA) is 76.1 Å². The number of carbonyl (C=O) groups excluding carboxylic acids is 1. The Morgan fingerprint density at radius 1 is 0.929 bits per heavy atom. The van der Waals surface area contributed by atoms with Gasteiger partial charge in [-0.1, -0.05) is 78.3 Å². The fourth-order valence-corrected chi connectivity index (χ4v) is 5.61. The highest BCUT2D eigenvalue weighted by Crippen LogP contribution is 2.44. The van der Waals surface area contributed by atoms with E-state index in [1.54, 1.807) is 18.1 Å². The van der Waals surface area contributed by atoms with Gasteiger partial charge in [-0.2, -0.15) is 0 Å². The molecule has 216 valence electrons. The Balaban J connectivity index is 1.33. The number of hydrogen-bond donors (Lipinski definition) is 1. The molecule has 5 rings (SSSR count). The maximum Gasteiger partial charge on any atom is 0.305 e. The Bertz CT molecular complexity index is 1550. The highest BCUT2D eigenvalue weighted by Gasteiger charge is 2.38. The number of amides is 1. The average molecular weight is 584 g/mol. The van der Waals surface area contributed by atoms with E-state index in [-0.39, 0.29) is 18.9 Å². The van der Waals surface area contributed by atoms with E-state index in [9.17, 15) is 14.7 Å². The van der Waals surface area contributed by atoms with Gasteiger partial charge in [0.15, 0.2) is 11.5 Å². The molecule has 7 heteroatoms. The number of carboxylic acids is 1. The lowest BCUT2D eigenvalue weighted by atomic mass is 9.91. The summed E-state index contributed by atoms with van der Waals surface area (Å²) in [6.07, 6.45) is 1.73. The zero-order chi connectivity index (χ0) is 29.7. The van der Waals surface area contributed by atoms with E-state index >= 15 is 0 Å². The van der Waals surface area contributed by atoms with Gasteiger partial charge < -0.3 is 19.5 Å². The number of benzene rings is 4. The summed E-state index contributed by atoms with van der Waals surface area (Å²) < 4.78 is 12.1. The molecular weight excluding hydrogens is 550 g/mol. The fraction of sp³-hybridized carbons (Fsp3) is 0.257. The third-order valence-corrected chi connectivity index (χ3v) is 7.87. The molecule has 0 radical (unpaired) electrons. The molecule has 1 aliphatic rings. The van der Waals surface area contributed by atoms with Crippen molar-refractivity contribution >= 4 is 23.5 Å². The van der Waals surface area contributed by atoms with Crippen LogP contribution in [0.1, 0.15) is 40.4 Å². The zero-order valence-corrected chi connectivity index (χ0v) is 24.6. The Hall–Kier alpha value is -4.29. The molecule has 1 unspecified atom stereocenters. The molecule has 6 nitrogen and oxygen atoms in total. The van der Waals surface area contributed by atoms with E-state index in [0.29, 0.717) is 47.9 Å². The van der Waals surface area contributed by atoms with Crippen LogP contribution in [-0.2, 0) is 24.1 Å². The lowest BCUT2D eigenvalue weighted by molar-refractivity contribution is -0.137. The third-order valence-electron chi connectivity index (χ3n) is 7.62. The smallest absolute Gasteiger partial charge is 0.305 e. The molecular formula is C35H34ClNO5. The molecule has 0 saturated heterocycles. The van der Waals surface area contributed by atoms with E-state index in [1.165, 1.54) is 0 Å². The molecule has 0 spiro atoms. The average Bonchev–Trinajstić information content (AvgIpc) is 3.34. The fourth-order valence-electron chi connectivity index (χ4n) is 5.49. The van der Waals surface area contributed by atoms with Crippen molar-refractivity contribution in [3.63, 3.8) is 0 Å². The second-order valence-electron chi connectivity index (χ2n) is 10.9. The Kier molecular flexibility index (Phi) is 8.83. The number of fused-ring (bicyclic) bond motifs is 1. The summed E-state index contributed by atoms with van der Waals surface area (Å²) in [5, 5.41) is 10.0. The molecule has 1 heterocycles. The second kappa shape index (κ2) is 12.7. The number of halogens is 1. The van der Waals surface area contributed by atoms with Crippen LogP contribution in [0.3, 0.4) is 0 Å². The largest absolute Gasteiger partial charge is 0.493 e.